The first-order valence-electron chi connectivity index (χ1n) is 0.167. The summed E-state index contributed by atoms with van der Waals surface area (Å²) in [5.74, 6) is 0. The van der Waals surface area contributed by atoms with Crippen LogP contribution < -0.4 is 0 Å². The van der Waals surface area contributed by atoms with Crippen molar-refractivity contribution in [1.82, 2.24) is 0 Å². The predicted molar refractivity (Wildman–Crippen MR) is 13.3 cm³/mol. The van der Waals surface area contributed by atoms with Crippen molar-refractivity contribution >= 4 is 18.2 Å². The van der Waals surface area contributed by atoms with Crippen LogP contribution in [0.2, 0.25) is 0 Å². The molecule has 23 valence electrons. The van der Waals surface area contributed by atoms with E-state index in [0.717, 1.165) is 0 Å². The van der Waals surface area contributed by atoms with Crippen LogP contribution in [-0.2, 0) is 35.1 Å². The molecule has 0 aromatic rings. The third-order valence-corrected chi connectivity index (χ3v) is 0. The Labute approximate surface area is 53.1 Å². The average Bonchev–Trinajstić information content (AvgIpc) is 1.00. The maximum absolute atomic E-state index is 4.09. The number of rotatable bonds is 0. The first-order valence-corrected chi connectivity index (χ1v) is 2.96. The van der Waals surface area contributed by atoms with E-state index in [4.69, 9.17) is 0 Å². The van der Waals surface area contributed by atoms with Crippen LogP contribution in [0.3, 0.4) is 0 Å². The second-order valence-corrected chi connectivity index (χ2v) is 0. The summed E-state index contributed by atoms with van der Waals surface area (Å²) in [7, 11) is 4.09. The van der Waals surface area contributed by atoms with Gasteiger partial charge in [0.15, 0.2) is 0 Å². The van der Waals surface area contributed by atoms with Gasteiger partial charge in [0.2, 0.25) is 0 Å². The topological polar surface area (TPSA) is 0 Å². The van der Waals surface area contributed by atoms with Gasteiger partial charge in [-0.3, -0.25) is 0 Å². The summed E-state index contributed by atoms with van der Waals surface area (Å²) in [6.45, 7) is 0. The molecule has 0 atom stereocenters. The van der Waals surface area contributed by atoms with E-state index >= 15 is 0 Å². The molecule has 4 heteroatoms. The molecule has 0 aliphatic rings. The zero-order chi connectivity index (χ0) is 2.00. The molecular formula is BFeMoS. The van der Waals surface area contributed by atoms with Gasteiger partial charge >= 0.3 is 27.8 Å². The predicted octanol–water partition coefficient (Wildman–Crippen LogP) is 0.262. The van der Waals surface area contributed by atoms with Crippen LogP contribution in [0.15, 0.2) is 0 Å². The second kappa shape index (κ2) is 24.6. The fraction of sp³-hybridized carbons (Fsp3) is 0. The van der Waals surface area contributed by atoms with Gasteiger partial charge in [-0.05, 0) is 0 Å². The molecule has 0 saturated carbocycles. The average molecular weight is 195 g/mol. The van der Waals surface area contributed by atoms with Gasteiger partial charge in [0.1, 0.15) is 0 Å². The van der Waals surface area contributed by atoms with E-state index in [1.165, 1.54) is 18.0 Å². The van der Waals surface area contributed by atoms with Crippen LogP contribution >= 0.6 is 9.82 Å². The van der Waals surface area contributed by atoms with E-state index in [1.54, 1.807) is 0 Å². The first kappa shape index (κ1) is 17.8. The van der Waals surface area contributed by atoms with Crippen molar-refractivity contribution < 1.29 is 35.1 Å². The molecular weight excluding hydrogens is 195 g/mol. The summed E-state index contributed by atoms with van der Waals surface area (Å²) >= 11 is 1.53. The second-order valence-electron chi connectivity index (χ2n) is 0. The Morgan fingerprint density at radius 3 is 1.25 bits per heavy atom. The van der Waals surface area contributed by atoms with Gasteiger partial charge in [-0.1, -0.05) is 0 Å². The van der Waals surface area contributed by atoms with Gasteiger partial charge in [0, 0.05) is 25.5 Å². The molecule has 0 heterocycles. The van der Waals surface area contributed by atoms with Crippen molar-refractivity contribution in [2.24, 2.45) is 0 Å². The fourth-order valence-corrected chi connectivity index (χ4v) is 0. The monoisotopic (exact) mass is 197 g/mol. The molecule has 0 nitrogen and oxygen atoms in total. The fourth-order valence-electron chi connectivity index (χ4n) is 0. The van der Waals surface area contributed by atoms with Crippen LogP contribution in [0.4, 0.5) is 0 Å². The first-order chi connectivity index (χ1) is 1.00. The van der Waals surface area contributed by atoms with Crippen molar-refractivity contribution in [3.8, 4) is 0 Å². The summed E-state index contributed by atoms with van der Waals surface area (Å²) in [6, 6.07) is 0. The summed E-state index contributed by atoms with van der Waals surface area (Å²) in [4.78, 5) is 0. The van der Waals surface area contributed by atoms with E-state index in [9.17, 15) is 0 Å². The molecule has 0 spiro atoms. The van der Waals surface area contributed by atoms with Crippen LogP contribution in [0.1, 0.15) is 0 Å². The van der Waals surface area contributed by atoms with E-state index in [-0.39, 0.29) is 25.5 Å². The summed E-state index contributed by atoms with van der Waals surface area (Å²) < 4.78 is 0. The Morgan fingerprint density at radius 2 is 1.25 bits per heavy atom. The van der Waals surface area contributed by atoms with Crippen molar-refractivity contribution in [2.75, 3.05) is 0 Å². The van der Waals surface area contributed by atoms with Gasteiger partial charge in [0.25, 0.3) is 0 Å². The Balaban J connectivity index is -0.00000000500. The quantitative estimate of drug-likeness (QED) is 0.499. The Morgan fingerprint density at radius 1 is 1.25 bits per heavy atom. The van der Waals surface area contributed by atoms with Gasteiger partial charge in [-0.2, -0.15) is 0 Å². The van der Waals surface area contributed by atoms with Crippen molar-refractivity contribution in [2.45, 2.75) is 0 Å². The zero-order valence-electron chi connectivity index (χ0n) is 1.75. The number of hydrogen-bond donors (Lipinski definition) is 0. The minimum absolute atomic E-state index is 0. The number of hydrogen-bond acceptors (Lipinski definition) is 1. The van der Waals surface area contributed by atoms with Gasteiger partial charge in [-0.15, -0.1) is 0 Å². The minimum atomic E-state index is 0. The zero-order valence-corrected chi connectivity index (χ0v) is 5.68. The van der Waals surface area contributed by atoms with Gasteiger partial charge < -0.3 is 0 Å². The molecule has 0 aromatic carbocycles. The van der Waals surface area contributed by atoms with Crippen LogP contribution in [-0.4, -0.2) is 8.41 Å². The van der Waals surface area contributed by atoms with Crippen molar-refractivity contribution in [1.29, 1.82) is 0 Å². The molecule has 0 bridgehead atoms. The molecule has 3 radical (unpaired) electrons. The summed E-state index contributed by atoms with van der Waals surface area (Å²) in [6.07, 6.45) is 0. The molecule has 0 unspecified atom stereocenters. The molecule has 0 amide bonds. The van der Waals surface area contributed by atoms with Crippen LogP contribution in [0.5, 0.6) is 0 Å². The van der Waals surface area contributed by atoms with Gasteiger partial charge in [-0.25, -0.2) is 0 Å². The van der Waals surface area contributed by atoms with Gasteiger partial charge in [0.05, 0.1) is 0 Å². The molecule has 0 rings (SSSR count). The Kier molecular flexibility index (Phi) is 110. The summed E-state index contributed by atoms with van der Waals surface area (Å²) in [5, 5.41) is 0. The Bertz CT molecular complexity index is 8.00. The SMILES string of the molecule is [B].[Fe].[S]=[Mo]. The third-order valence-electron chi connectivity index (χ3n) is 0. The van der Waals surface area contributed by atoms with Crippen molar-refractivity contribution in [3.63, 3.8) is 0 Å². The molecule has 0 saturated heterocycles. The molecule has 0 aromatic heterocycles. The van der Waals surface area contributed by atoms with E-state index in [0.29, 0.717) is 0 Å². The van der Waals surface area contributed by atoms with Crippen LogP contribution in [0.25, 0.3) is 0 Å². The van der Waals surface area contributed by atoms with E-state index < -0.39 is 0 Å². The molecule has 0 aliphatic heterocycles. The van der Waals surface area contributed by atoms with Crippen molar-refractivity contribution in [3.05, 3.63) is 0 Å². The Hall–Kier alpha value is 1.49. The molecule has 0 fully saturated rings. The maximum atomic E-state index is 4.09. The normalized spacial score (nSPS) is 1.00. The van der Waals surface area contributed by atoms with E-state index in [2.05, 4.69) is 9.82 Å². The molecule has 0 aliphatic carbocycles. The molecule has 4 heavy (non-hydrogen) atoms. The third kappa shape index (κ3) is 9.74. The van der Waals surface area contributed by atoms with E-state index in [1.807, 2.05) is 0 Å². The van der Waals surface area contributed by atoms with Crippen LogP contribution in [0, 0.1) is 0 Å². The standard InChI is InChI=1S/B.Fe.Mo.S. The summed E-state index contributed by atoms with van der Waals surface area (Å²) in [5.41, 5.74) is 0. The molecule has 0 N–H and O–H groups in total.